The summed E-state index contributed by atoms with van der Waals surface area (Å²) in [5.74, 6) is 0.908. The maximum Gasteiger partial charge on any atom is 0.237 e. The normalized spacial score (nSPS) is 19.2. The number of likely N-dealkylation sites (tertiary alicyclic amines) is 1. The molecule has 1 aliphatic heterocycles. The number of anilines is 1. The Bertz CT molecular complexity index is 448. The van der Waals surface area contributed by atoms with E-state index in [1.807, 2.05) is 0 Å². The van der Waals surface area contributed by atoms with Crippen molar-refractivity contribution in [2.75, 3.05) is 25.5 Å². The number of nitrogens with zero attached hydrogens (tertiary/aromatic N) is 3. The first-order chi connectivity index (χ1) is 10.2. The van der Waals surface area contributed by atoms with Crippen LogP contribution in [0.15, 0.2) is 12.4 Å². The van der Waals surface area contributed by atoms with Crippen molar-refractivity contribution in [1.29, 1.82) is 0 Å². The Kier molecular flexibility index (Phi) is 5.92. The zero-order chi connectivity index (χ0) is 15.1. The number of carbonyl (C=O) groups is 1. The van der Waals surface area contributed by atoms with E-state index in [0.29, 0.717) is 6.54 Å². The molecule has 1 atom stereocenters. The predicted octanol–water partition coefficient (Wildman–Crippen LogP) is 1.40. The molecule has 2 heterocycles. The number of nitrogens with one attached hydrogen (secondary N) is 2. The summed E-state index contributed by atoms with van der Waals surface area (Å²) in [4.78, 5) is 23.0. The van der Waals surface area contributed by atoms with Gasteiger partial charge in [-0.3, -0.25) is 14.7 Å². The van der Waals surface area contributed by atoms with Crippen molar-refractivity contribution in [3.05, 3.63) is 18.1 Å². The number of likely N-dealkylation sites (N-methyl/N-ethyl adjacent to an activating group) is 1. The number of carbonyl (C=O) groups excluding carboxylic acids is 1. The smallest absolute Gasteiger partial charge is 0.237 e. The van der Waals surface area contributed by atoms with Crippen LogP contribution in [0.1, 0.15) is 38.3 Å². The van der Waals surface area contributed by atoms with Crippen molar-refractivity contribution >= 4 is 11.7 Å². The first-order valence-electron chi connectivity index (χ1n) is 7.75. The van der Waals surface area contributed by atoms with Crippen molar-refractivity contribution < 1.29 is 4.79 Å². The van der Waals surface area contributed by atoms with Crippen molar-refractivity contribution in [2.24, 2.45) is 0 Å². The van der Waals surface area contributed by atoms with E-state index < -0.39 is 0 Å². The van der Waals surface area contributed by atoms with E-state index in [9.17, 15) is 4.79 Å². The minimum Gasteiger partial charge on any atom is -0.369 e. The number of amides is 1. The van der Waals surface area contributed by atoms with Gasteiger partial charge in [0.15, 0.2) is 0 Å². The molecule has 0 aliphatic carbocycles. The highest BCUT2D eigenvalue weighted by Gasteiger charge is 2.28. The Balaban J connectivity index is 1.97. The lowest BCUT2D eigenvalue weighted by Crippen LogP contribution is -2.48. The highest BCUT2D eigenvalue weighted by Crippen LogP contribution is 2.19. The molecule has 116 valence electrons. The molecule has 2 rings (SSSR count). The summed E-state index contributed by atoms with van der Waals surface area (Å²) in [6, 6.07) is -0.0385. The van der Waals surface area contributed by atoms with Crippen LogP contribution < -0.4 is 10.6 Å². The molecular formula is C15H25N5O. The average molecular weight is 291 g/mol. The molecule has 2 N–H and O–H groups in total. The van der Waals surface area contributed by atoms with Gasteiger partial charge in [0, 0.05) is 20.1 Å². The lowest BCUT2D eigenvalue weighted by molar-refractivity contribution is -0.127. The second-order valence-electron chi connectivity index (χ2n) is 5.42. The molecule has 0 radical (unpaired) electrons. The Morgan fingerprint density at radius 3 is 2.90 bits per heavy atom. The van der Waals surface area contributed by atoms with Crippen LogP contribution in [0.2, 0.25) is 0 Å². The van der Waals surface area contributed by atoms with Gasteiger partial charge in [-0.15, -0.1) is 0 Å². The molecule has 0 spiro atoms. The Labute approximate surface area is 126 Å². The maximum absolute atomic E-state index is 11.9. The summed E-state index contributed by atoms with van der Waals surface area (Å²) < 4.78 is 0. The van der Waals surface area contributed by atoms with Gasteiger partial charge >= 0.3 is 0 Å². The molecule has 0 saturated carbocycles. The van der Waals surface area contributed by atoms with E-state index in [4.69, 9.17) is 0 Å². The molecule has 6 heteroatoms. The van der Waals surface area contributed by atoms with Gasteiger partial charge in [0.2, 0.25) is 5.91 Å². The largest absolute Gasteiger partial charge is 0.369 e. The maximum atomic E-state index is 11.9. The summed E-state index contributed by atoms with van der Waals surface area (Å²) >= 11 is 0. The van der Waals surface area contributed by atoms with E-state index in [2.05, 4.69) is 32.4 Å². The standard InChI is InChI=1S/C15H25N5O/c1-3-7-17-14-10-18-12(9-19-14)11-20-8-5-4-6-13(20)15(21)16-2/h9-10,13H,3-8,11H2,1-2H3,(H,16,21)(H,17,19). The molecule has 21 heavy (non-hydrogen) atoms. The van der Waals surface area contributed by atoms with E-state index in [1.165, 1.54) is 0 Å². The number of piperidine rings is 1. The highest BCUT2D eigenvalue weighted by molar-refractivity contribution is 5.81. The Hall–Kier alpha value is -1.69. The molecule has 1 saturated heterocycles. The number of rotatable bonds is 6. The zero-order valence-corrected chi connectivity index (χ0v) is 12.9. The summed E-state index contributed by atoms with van der Waals surface area (Å²) in [6.45, 7) is 4.64. The first kappa shape index (κ1) is 15.7. The quantitative estimate of drug-likeness (QED) is 0.829. The van der Waals surface area contributed by atoms with Crippen LogP contribution >= 0.6 is 0 Å². The highest BCUT2D eigenvalue weighted by atomic mass is 16.2. The van der Waals surface area contributed by atoms with Gasteiger partial charge in [0.05, 0.1) is 24.1 Å². The lowest BCUT2D eigenvalue weighted by Gasteiger charge is -2.33. The number of aromatic nitrogens is 2. The van der Waals surface area contributed by atoms with E-state index in [1.54, 1.807) is 19.4 Å². The molecule has 1 aromatic rings. The number of hydrogen-bond donors (Lipinski definition) is 2. The van der Waals surface area contributed by atoms with E-state index in [-0.39, 0.29) is 11.9 Å². The van der Waals surface area contributed by atoms with Crippen molar-refractivity contribution in [3.8, 4) is 0 Å². The van der Waals surface area contributed by atoms with Crippen LogP contribution in [0, 0.1) is 0 Å². The Morgan fingerprint density at radius 1 is 1.38 bits per heavy atom. The van der Waals surface area contributed by atoms with Crippen LogP contribution in [0.25, 0.3) is 0 Å². The first-order valence-corrected chi connectivity index (χ1v) is 7.75. The van der Waals surface area contributed by atoms with E-state index >= 15 is 0 Å². The average Bonchev–Trinajstić information content (AvgIpc) is 2.54. The van der Waals surface area contributed by atoms with Gasteiger partial charge in [-0.2, -0.15) is 0 Å². The van der Waals surface area contributed by atoms with Gasteiger partial charge in [0.1, 0.15) is 5.82 Å². The van der Waals surface area contributed by atoms with Crippen LogP contribution in [0.4, 0.5) is 5.82 Å². The van der Waals surface area contributed by atoms with Gasteiger partial charge < -0.3 is 10.6 Å². The van der Waals surface area contributed by atoms with E-state index in [0.717, 1.165) is 50.3 Å². The van der Waals surface area contributed by atoms with Crippen molar-refractivity contribution in [2.45, 2.75) is 45.2 Å². The summed E-state index contributed by atoms with van der Waals surface area (Å²) in [5.41, 5.74) is 0.910. The fourth-order valence-corrected chi connectivity index (χ4v) is 2.63. The molecule has 1 amide bonds. The molecule has 1 fully saturated rings. The predicted molar refractivity (Wildman–Crippen MR) is 82.9 cm³/mol. The third kappa shape index (κ3) is 4.39. The molecule has 1 aromatic heterocycles. The Morgan fingerprint density at radius 2 is 2.24 bits per heavy atom. The molecule has 1 aliphatic rings. The zero-order valence-electron chi connectivity index (χ0n) is 12.9. The van der Waals surface area contributed by atoms with Crippen LogP contribution in [0.3, 0.4) is 0 Å². The minimum absolute atomic E-state index is 0.0385. The second kappa shape index (κ2) is 7.93. The van der Waals surface area contributed by atoms with Crippen molar-refractivity contribution in [3.63, 3.8) is 0 Å². The molecule has 1 unspecified atom stereocenters. The van der Waals surface area contributed by atoms with Gasteiger partial charge in [-0.05, 0) is 25.8 Å². The number of hydrogen-bond acceptors (Lipinski definition) is 5. The topological polar surface area (TPSA) is 70.2 Å². The fourth-order valence-electron chi connectivity index (χ4n) is 2.63. The summed E-state index contributed by atoms with van der Waals surface area (Å²) in [6.07, 6.45) is 7.79. The van der Waals surface area contributed by atoms with Crippen LogP contribution in [-0.4, -0.2) is 47.0 Å². The van der Waals surface area contributed by atoms with Gasteiger partial charge in [-0.1, -0.05) is 13.3 Å². The molecular weight excluding hydrogens is 266 g/mol. The third-order valence-electron chi connectivity index (χ3n) is 3.79. The lowest BCUT2D eigenvalue weighted by atomic mass is 10.0. The molecule has 6 nitrogen and oxygen atoms in total. The fraction of sp³-hybridized carbons (Fsp3) is 0.667. The van der Waals surface area contributed by atoms with Gasteiger partial charge in [-0.25, -0.2) is 4.98 Å². The summed E-state index contributed by atoms with van der Waals surface area (Å²) in [5, 5.41) is 5.97. The summed E-state index contributed by atoms with van der Waals surface area (Å²) in [7, 11) is 1.70. The van der Waals surface area contributed by atoms with Gasteiger partial charge in [0.25, 0.3) is 0 Å². The minimum atomic E-state index is -0.0385. The second-order valence-corrected chi connectivity index (χ2v) is 5.42. The van der Waals surface area contributed by atoms with Crippen LogP contribution in [-0.2, 0) is 11.3 Å². The molecule has 0 bridgehead atoms. The van der Waals surface area contributed by atoms with Crippen LogP contribution in [0.5, 0.6) is 0 Å². The monoisotopic (exact) mass is 291 g/mol. The molecule has 0 aromatic carbocycles. The SMILES string of the molecule is CCCNc1cnc(CN2CCCCC2C(=O)NC)cn1. The van der Waals surface area contributed by atoms with Crippen molar-refractivity contribution in [1.82, 2.24) is 20.2 Å². The third-order valence-corrected chi connectivity index (χ3v) is 3.79.